The summed E-state index contributed by atoms with van der Waals surface area (Å²) in [5, 5.41) is 0.977. The Balaban J connectivity index is 1.50. The van der Waals surface area contributed by atoms with Gasteiger partial charge in [0.15, 0.2) is 0 Å². The molecule has 0 aliphatic carbocycles. The lowest BCUT2D eigenvalue weighted by Crippen LogP contribution is -2.48. The summed E-state index contributed by atoms with van der Waals surface area (Å²) < 4.78 is 0. The molecule has 0 N–H and O–H groups in total. The fraction of sp³-hybridized carbons (Fsp3) is 0.524. The summed E-state index contributed by atoms with van der Waals surface area (Å²) in [7, 11) is 0. The normalized spacial score (nSPS) is 20.1. The molecule has 3 heterocycles. The van der Waals surface area contributed by atoms with Crippen molar-refractivity contribution in [2.24, 2.45) is 0 Å². The lowest BCUT2D eigenvalue weighted by molar-refractivity contribution is 0.0591. The van der Waals surface area contributed by atoms with Gasteiger partial charge in [-0.1, -0.05) is 24.6 Å². The lowest BCUT2D eigenvalue weighted by atomic mass is 9.98. The van der Waals surface area contributed by atoms with Crippen molar-refractivity contribution < 1.29 is 4.79 Å². The summed E-state index contributed by atoms with van der Waals surface area (Å²) in [6.07, 6.45) is 8.09. The van der Waals surface area contributed by atoms with Gasteiger partial charge in [-0.25, -0.2) is 0 Å². The van der Waals surface area contributed by atoms with E-state index in [0.29, 0.717) is 6.04 Å². The van der Waals surface area contributed by atoms with E-state index in [0.717, 1.165) is 48.0 Å². The largest absolute Gasteiger partial charge is 0.339 e. The number of pyridine rings is 1. The topological polar surface area (TPSA) is 36.4 Å². The van der Waals surface area contributed by atoms with Gasteiger partial charge in [0.1, 0.15) is 0 Å². The maximum atomic E-state index is 13.2. The molecule has 4 rings (SSSR count). The molecule has 0 unspecified atom stereocenters. The molecule has 2 fully saturated rings. The number of fused-ring (bicyclic) bond motifs is 1. The number of rotatable bonds is 2. The van der Waals surface area contributed by atoms with E-state index in [4.69, 9.17) is 0 Å². The molecule has 0 saturated carbocycles. The third-order valence-electron chi connectivity index (χ3n) is 5.84. The Kier molecular flexibility index (Phi) is 4.71. The maximum Gasteiger partial charge on any atom is 0.254 e. The van der Waals surface area contributed by atoms with Crippen molar-refractivity contribution in [3.63, 3.8) is 0 Å². The second kappa shape index (κ2) is 7.12. The molecule has 4 heteroatoms. The van der Waals surface area contributed by atoms with Crippen LogP contribution < -0.4 is 0 Å². The molecule has 25 heavy (non-hydrogen) atoms. The standard InChI is InChI=1S/C21H27N3O/c1-16-15-22-19-8-4-3-7-18(19)20(16)21(25)24-13-9-17(10-14-24)23-11-5-2-6-12-23/h3-4,7-8,15,17H,2,5-6,9-14H2,1H3. The molecule has 0 radical (unpaired) electrons. The molecule has 2 aliphatic heterocycles. The molecular formula is C21H27N3O. The molecular weight excluding hydrogens is 310 g/mol. The minimum absolute atomic E-state index is 0.174. The maximum absolute atomic E-state index is 13.2. The number of likely N-dealkylation sites (tertiary alicyclic amines) is 2. The SMILES string of the molecule is Cc1cnc2ccccc2c1C(=O)N1CCC(N2CCCCC2)CC1. The highest BCUT2D eigenvalue weighted by Gasteiger charge is 2.29. The highest BCUT2D eigenvalue weighted by atomic mass is 16.2. The zero-order valence-corrected chi connectivity index (χ0v) is 15.1. The van der Waals surface area contributed by atoms with E-state index in [-0.39, 0.29) is 5.91 Å². The monoisotopic (exact) mass is 337 g/mol. The zero-order valence-electron chi connectivity index (χ0n) is 15.1. The first-order chi connectivity index (χ1) is 12.2. The smallest absolute Gasteiger partial charge is 0.254 e. The Bertz CT molecular complexity index is 759. The third-order valence-corrected chi connectivity index (χ3v) is 5.84. The molecule has 0 bridgehead atoms. The quantitative estimate of drug-likeness (QED) is 0.839. The second-order valence-corrected chi connectivity index (χ2v) is 7.45. The van der Waals surface area contributed by atoms with E-state index in [1.165, 1.54) is 32.4 Å². The van der Waals surface area contributed by atoms with Crippen LogP contribution in [0.3, 0.4) is 0 Å². The molecule has 1 aromatic heterocycles. The van der Waals surface area contributed by atoms with E-state index in [1.807, 2.05) is 37.4 Å². The van der Waals surface area contributed by atoms with Crippen molar-refractivity contribution in [3.05, 3.63) is 41.6 Å². The Labute approximate surface area is 149 Å². The Hall–Kier alpha value is -1.94. The molecule has 0 spiro atoms. The number of hydrogen-bond acceptors (Lipinski definition) is 3. The summed E-state index contributed by atoms with van der Waals surface area (Å²) in [5.74, 6) is 0.174. The summed E-state index contributed by atoms with van der Waals surface area (Å²) in [4.78, 5) is 22.4. The molecule has 2 saturated heterocycles. The van der Waals surface area contributed by atoms with Gasteiger partial charge in [0.25, 0.3) is 5.91 Å². The molecule has 1 amide bonds. The number of aryl methyl sites for hydroxylation is 1. The van der Waals surface area contributed by atoms with Crippen LogP contribution in [0.5, 0.6) is 0 Å². The molecule has 2 aliphatic rings. The van der Waals surface area contributed by atoms with Crippen molar-refractivity contribution in [2.75, 3.05) is 26.2 Å². The number of hydrogen-bond donors (Lipinski definition) is 0. The van der Waals surface area contributed by atoms with Gasteiger partial charge in [-0.2, -0.15) is 0 Å². The predicted octanol–water partition coefficient (Wildman–Crippen LogP) is 3.63. The number of carbonyl (C=O) groups is 1. The van der Waals surface area contributed by atoms with Crippen LogP contribution in [-0.4, -0.2) is 52.9 Å². The highest BCUT2D eigenvalue weighted by molar-refractivity contribution is 6.07. The summed E-state index contributed by atoms with van der Waals surface area (Å²) in [5.41, 5.74) is 2.71. The number of benzene rings is 1. The molecule has 132 valence electrons. The van der Waals surface area contributed by atoms with Crippen LogP contribution in [0.15, 0.2) is 30.5 Å². The number of piperidine rings is 2. The van der Waals surface area contributed by atoms with Crippen molar-refractivity contribution in [2.45, 2.75) is 45.1 Å². The first-order valence-electron chi connectivity index (χ1n) is 9.62. The highest BCUT2D eigenvalue weighted by Crippen LogP contribution is 2.25. The van der Waals surface area contributed by atoms with Crippen LogP contribution in [0.25, 0.3) is 10.9 Å². The molecule has 2 aromatic rings. The van der Waals surface area contributed by atoms with Gasteiger partial charge in [0.2, 0.25) is 0 Å². The van der Waals surface area contributed by atoms with Crippen LogP contribution in [0.4, 0.5) is 0 Å². The van der Waals surface area contributed by atoms with E-state index in [2.05, 4.69) is 14.8 Å². The van der Waals surface area contributed by atoms with Gasteiger partial charge >= 0.3 is 0 Å². The van der Waals surface area contributed by atoms with Crippen LogP contribution in [0.2, 0.25) is 0 Å². The number of nitrogens with zero attached hydrogens (tertiary/aromatic N) is 3. The summed E-state index contributed by atoms with van der Waals surface area (Å²) in [6.45, 7) is 6.22. The van der Waals surface area contributed by atoms with Crippen LogP contribution in [-0.2, 0) is 0 Å². The third kappa shape index (κ3) is 3.28. The minimum atomic E-state index is 0.174. The van der Waals surface area contributed by atoms with Crippen molar-refractivity contribution in [3.8, 4) is 0 Å². The van der Waals surface area contributed by atoms with Crippen molar-refractivity contribution in [1.29, 1.82) is 0 Å². The first-order valence-corrected chi connectivity index (χ1v) is 9.62. The van der Waals surface area contributed by atoms with Crippen molar-refractivity contribution >= 4 is 16.8 Å². The Morgan fingerprint density at radius 1 is 1.04 bits per heavy atom. The van der Waals surface area contributed by atoms with Crippen LogP contribution >= 0.6 is 0 Å². The van der Waals surface area contributed by atoms with Gasteiger partial charge in [0.05, 0.1) is 11.1 Å². The predicted molar refractivity (Wildman–Crippen MR) is 101 cm³/mol. The zero-order chi connectivity index (χ0) is 17.2. The Morgan fingerprint density at radius 2 is 1.76 bits per heavy atom. The van der Waals surface area contributed by atoms with Gasteiger partial charge in [0, 0.05) is 30.7 Å². The van der Waals surface area contributed by atoms with E-state index in [1.54, 1.807) is 0 Å². The van der Waals surface area contributed by atoms with Gasteiger partial charge in [-0.3, -0.25) is 9.78 Å². The van der Waals surface area contributed by atoms with E-state index >= 15 is 0 Å². The fourth-order valence-corrected chi connectivity index (χ4v) is 4.40. The Morgan fingerprint density at radius 3 is 2.52 bits per heavy atom. The number of amides is 1. The number of carbonyl (C=O) groups excluding carboxylic acids is 1. The van der Waals surface area contributed by atoms with Crippen molar-refractivity contribution in [1.82, 2.24) is 14.8 Å². The first kappa shape index (κ1) is 16.5. The summed E-state index contributed by atoms with van der Waals surface area (Å²) in [6, 6.07) is 8.63. The fourth-order valence-electron chi connectivity index (χ4n) is 4.40. The lowest BCUT2D eigenvalue weighted by Gasteiger charge is -2.40. The number of para-hydroxylation sites is 1. The average molecular weight is 337 g/mol. The van der Waals surface area contributed by atoms with E-state index < -0.39 is 0 Å². The molecule has 1 aromatic carbocycles. The van der Waals surface area contributed by atoms with Crippen LogP contribution in [0, 0.1) is 6.92 Å². The second-order valence-electron chi connectivity index (χ2n) is 7.45. The van der Waals surface area contributed by atoms with Crippen LogP contribution in [0.1, 0.15) is 48.0 Å². The minimum Gasteiger partial charge on any atom is -0.339 e. The summed E-state index contributed by atoms with van der Waals surface area (Å²) >= 11 is 0. The average Bonchev–Trinajstić information content (AvgIpc) is 2.68. The van der Waals surface area contributed by atoms with E-state index in [9.17, 15) is 4.79 Å². The van der Waals surface area contributed by atoms with Gasteiger partial charge < -0.3 is 9.80 Å². The van der Waals surface area contributed by atoms with Gasteiger partial charge in [-0.15, -0.1) is 0 Å². The number of aromatic nitrogens is 1. The van der Waals surface area contributed by atoms with Gasteiger partial charge in [-0.05, 0) is 57.3 Å². The molecule has 0 atom stereocenters. The molecule has 4 nitrogen and oxygen atoms in total.